The average molecular weight is 341 g/mol. The van der Waals surface area contributed by atoms with Crippen LogP contribution in [0.1, 0.15) is 41.8 Å². The van der Waals surface area contributed by atoms with Gasteiger partial charge in [-0.3, -0.25) is 4.79 Å². The highest BCUT2D eigenvalue weighted by Gasteiger charge is 2.18. The fraction of sp³-hybridized carbons (Fsp3) is 0.294. The van der Waals surface area contributed by atoms with E-state index in [9.17, 15) is 4.79 Å². The fourth-order valence-electron chi connectivity index (χ4n) is 2.45. The fourth-order valence-corrected chi connectivity index (χ4v) is 3.26. The zero-order valence-corrected chi connectivity index (χ0v) is 14.4. The second-order valence-corrected chi connectivity index (χ2v) is 6.82. The summed E-state index contributed by atoms with van der Waals surface area (Å²) in [6, 6.07) is 12.2. The lowest BCUT2D eigenvalue weighted by Gasteiger charge is -2.19. The Morgan fingerprint density at radius 2 is 1.96 bits per heavy atom. The SMILES string of the molecule is CC(C)c1ccc(C(NC(=O)Cn2cnnn2)c2cccs2)cc1. The smallest absolute Gasteiger partial charge is 0.242 e. The molecular weight excluding hydrogens is 322 g/mol. The molecular formula is C17H19N5OS. The number of nitrogens with one attached hydrogen (secondary N) is 1. The van der Waals surface area contributed by atoms with Crippen molar-refractivity contribution in [2.75, 3.05) is 0 Å². The zero-order chi connectivity index (χ0) is 16.9. The molecule has 0 spiro atoms. The molecule has 0 aliphatic rings. The van der Waals surface area contributed by atoms with Crippen LogP contribution >= 0.6 is 11.3 Å². The lowest BCUT2D eigenvalue weighted by atomic mass is 9.98. The Labute approximate surface area is 144 Å². The first kappa shape index (κ1) is 16.3. The number of aromatic nitrogens is 4. The Morgan fingerprint density at radius 1 is 1.21 bits per heavy atom. The van der Waals surface area contributed by atoms with Crippen molar-refractivity contribution in [2.24, 2.45) is 0 Å². The predicted molar refractivity (Wildman–Crippen MR) is 92.7 cm³/mol. The first-order valence-corrected chi connectivity index (χ1v) is 8.65. The molecule has 0 saturated carbocycles. The van der Waals surface area contributed by atoms with Crippen molar-refractivity contribution < 1.29 is 4.79 Å². The van der Waals surface area contributed by atoms with Crippen molar-refractivity contribution in [3.05, 3.63) is 64.1 Å². The minimum Gasteiger partial charge on any atom is -0.343 e. The molecule has 124 valence electrons. The quantitative estimate of drug-likeness (QED) is 0.748. The molecule has 2 aromatic heterocycles. The lowest BCUT2D eigenvalue weighted by Crippen LogP contribution is -2.32. The Kier molecular flexibility index (Phi) is 5.00. The molecule has 3 aromatic rings. The molecule has 6 nitrogen and oxygen atoms in total. The van der Waals surface area contributed by atoms with Crippen molar-refractivity contribution >= 4 is 17.2 Å². The van der Waals surface area contributed by atoms with Gasteiger partial charge in [-0.05, 0) is 38.9 Å². The molecule has 1 aromatic carbocycles. The van der Waals surface area contributed by atoms with Crippen LogP contribution in [-0.2, 0) is 11.3 Å². The normalized spacial score (nSPS) is 12.3. The van der Waals surface area contributed by atoms with E-state index >= 15 is 0 Å². The van der Waals surface area contributed by atoms with Crippen LogP contribution in [0.15, 0.2) is 48.1 Å². The summed E-state index contributed by atoms with van der Waals surface area (Å²) < 4.78 is 1.41. The van der Waals surface area contributed by atoms with Crippen LogP contribution in [-0.4, -0.2) is 26.1 Å². The molecule has 1 unspecified atom stereocenters. The minimum absolute atomic E-state index is 0.0962. The van der Waals surface area contributed by atoms with E-state index in [1.165, 1.54) is 16.6 Å². The topological polar surface area (TPSA) is 72.7 Å². The number of carbonyl (C=O) groups excluding carboxylic acids is 1. The second-order valence-electron chi connectivity index (χ2n) is 5.84. The van der Waals surface area contributed by atoms with Crippen molar-refractivity contribution in [1.82, 2.24) is 25.5 Å². The maximum atomic E-state index is 12.3. The zero-order valence-electron chi connectivity index (χ0n) is 13.6. The van der Waals surface area contributed by atoms with E-state index in [0.717, 1.165) is 10.4 Å². The van der Waals surface area contributed by atoms with Gasteiger partial charge in [0.05, 0.1) is 6.04 Å². The molecule has 1 N–H and O–H groups in total. The molecule has 0 radical (unpaired) electrons. The standard InChI is InChI=1S/C17H19N5OS/c1-12(2)13-5-7-14(8-6-13)17(15-4-3-9-24-15)19-16(23)10-22-11-18-20-21-22/h3-9,11-12,17H,10H2,1-2H3,(H,19,23). The number of amides is 1. The van der Waals surface area contributed by atoms with Crippen molar-refractivity contribution in [2.45, 2.75) is 32.4 Å². The van der Waals surface area contributed by atoms with E-state index in [2.05, 4.69) is 59.0 Å². The summed E-state index contributed by atoms with van der Waals surface area (Å²) in [5.74, 6) is 0.349. The first-order chi connectivity index (χ1) is 11.6. The highest BCUT2D eigenvalue weighted by atomic mass is 32.1. The second kappa shape index (κ2) is 7.35. The maximum Gasteiger partial charge on any atom is 0.242 e. The van der Waals surface area contributed by atoms with E-state index in [4.69, 9.17) is 0 Å². The Balaban J connectivity index is 1.80. The van der Waals surface area contributed by atoms with Crippen molar-refractivity contribution in [3.63, 3.8) is 0 Å². The van der Waals surface area contributed by atoms with E-state index < -0.39 is 0 Å². The van der Waals surface area contributed by atoms with Gasteiger partial charge in [0.15, 0.2) is 0 Å². The molecule has 0 aliphatic carbocycles. The van der Waals surface area contributed by atoms with Crippen LogP contribution in [0.3, 0.4) is 0 Å². The number of tetrazole rings is 1. The van der Waals surface area contributed by atoms with Gasteiger partial charge in [-0.1, -0.05) is 44.2 Å². The van der Waals surface area contributed by atoms with Gasteiger partial charge >= 0.3 is 0 Å². The summed E-state index contributed by atoms with van der Waals surface area (Å²) in [5.41, 5.74) is 2.34. The van der Waals surface area contributed by atoms with Gasteiger partial charge < -0.3 is 5.32 Å². The van der Waals surface area contributed by atoms with Crippen molar-refractivity contribution in [3.8, 4) is 0 Å². The number of rotatable bonds is 6. The number of nitrogens with zero attached hydrogens (tertiary/aromatic N) is 4. The third kappa shape index (κ3) is 3.86. The van der Waals surface area contributed by atoms with Crippen LogP contribution in [0.25, 0.3) is 0 Å². The summed E-state index contributed by atoms with van der Waals surface area (Å²) in [6.07, 6.45) is 1.43. The van der Waals surface area contributed by atoms with Crippen LogP contribution in [0, 0.1) is 0 Å². The molecule has 7 heteroatoms. The molecule has 1 amide bonds. The first-order valence-electron chi connectivity index (χ1n) is 7.77. The number of carbonyl (C=O) groups is 1. The number of hydrogen-bond acceptors (Lipinski definition) is 5. The molecule has 1 atom stereocenters. The van der Waals surface area contributed by atoms with Gasteiger partial charge in [-0.15, -0.1) is 16.4 Å². The predicted octanol–water partition coefficient (Wildman–Crippen LogP) is 2.76. The van der Waals surface area contributed by atoms with Gasteiger partial charge in [0, 0.05) is 4.88 Å². The number of thiophene rings is 1. The Hall–Kier alpha value is -2.54. The van der Waals surface area contributed by atoms with Crippen LogP contribution in [0.2, 0.25) is 0 Å². The largest absolute Gasteiger partial charge is 0.343 e. The molecule has 24 heavy (non-hydrogen) atoms. The van der Waals surface area contributed by atoms with Crippen molar-refractivity contribution in [1.29, 1.82) is 0 Å². The Morgan fingerprint density at radius 3 is 2.54 bits per heavy atom. The van der Waals surface area contributed by atoms with Crippen LogP contribution in [0.5, 0.6) is 0 Å². The summed E-state index contributed by atoms with van der Waals surface area (Å²) in [4.78, 5) is 13.4. The third-order valence-electron chi connectivity index (χ3n) is 3.77. The van der Waals surface area contributed by atoms with Gasteiger partial charge in [0.1, 0.15) is 12.9 Å². The van der Waals surface area contributed by atoms with E-state index in [1.54, 1.807) is 11.3 Å². The average Bonchev–Trinajstić information content (AvgIpc) is 3.26. The number of hydrogen-bond donors (Lipinski definition) is 1. The lowest BCUT2D eigenvalue weighted by molar-refractivity contribution is -0.122. The summed E-state index contributed by atoms with van der Waals surface area (Å²) in [6.45, 7) is 4.43. The molecule has 0 bridgehead atoms. The molecule has 2 heterocycles. The van der Waals surface area contributed by atoms with Gasteiger partial charge in [-0.2, -0.15) is 0 Å². The summed E-state index contributed by atoms with van der Waals surface area (Å²) in [5, 5.41) is 15.9. The third-order valence-corrected chi connectivity index (χ3v) is 4.70. The van der Waals surface area contributed by atoms with Crippen LogP contribution in [0.4, 0.5) is 0 Å². The highest BCUT2D eigenvalue weighted by molar-refractivity contribution is 7.10. The molecule has 0 saturated heterocycles. The minimum atomic E-state index is -0.171. The highest BCUT2D eigenvalue weighted by Crippen LogP contribution is 2.27. The van der Waals surface area contributed by atoms with Gasteiger partial charge in [-0.25, -0.2) is 4.68 Å². The monoisotopic (exact) mass is 341 g/mol. The number of benzene rings is 1. The summed E-state index contributed by atoms with van der Waals surface area (Å²) >= 11 is 1.62. The molecule has 0 fully saturated rings. The Bertz CT molecular complexity index is 766. The van der Waals surface area contributed by atoms with Gasteiger partial charge in [0.25, 0.3) is 0 Å². The van der Waals surface area contributed by atoms with E-state index in [0.29, 0.717) is 5.92 Å². The van der Waals surface area contributed by atoms with E-state index in [-0.39, 0.29) is 18.5 Å². The maximum absolute atomic E-state index is 12.3. The van der Waals surface area contributed by atoms with Crippen LogP contribution < -0.4 is 5.32 Å². The van der Waals surface area contributed by atoms with Gasteiger partial charge in [0.2, 0.25) is 5.91 Å². The molecule has 3 rings (SSSR count). The molecule has 0 aliphatic heterocycles. The van der Waals surface area contributed by atoms with E-state index in [1.807, 2.05) is 17.5 Å². The summed E-state index contributed by atoms with van der Waals surface area (Å²) in [7, 11) is 0.